The maximum absolute atomic E-state index is 14.3. The number of methoxy groups -OCH3 is 1. The molecule has 1 aliphatic rings. The first kappa shape index (κ1) is 19.1. The van der Waals surface area contributed by atoms with Gasteiger partial charge < -0.3 is 24.2 Å². The summed E-state index contributed by atoms with van der Waals surface area (Å²) in [4.78, 5) is 11.0. The molecule has 0 radical (unpaired) electrons. The molecule has 2 atom stereocenters. The zero-order valence-corrected chi connectivity index (χ0v) is 16.4. The molecular weight excluding hydrogens is 377 g/mol. The highest BCUT2D eigenvalue weighted by atomic mass is 19.1. The minimum atomic E-state index is -0.441. The van der Waals surface area contributed by atoms with Crippen LogP contribution >= 0.6 is 0 Å². The van der Waals surface area contributed by atoms with Crippen LogP contribution in [0.3, 0.4) is 0 Å². The van der Waals surface area contributed by atoms with Crippen molar-refractivity contribution in [2.45, 2.75) is 26.1 Å². The lowest BCUT2D eigenvalue weighted by molar-refractivity contribution is -0.00571. The van der Waals surface area contributed by atoms with Gasteiger partial charge in [-0.2, -0.15) is 4.98 Å². The van der Waals surface area contributed by atoms with E-state index in [1.54, 1.807) is 30.5 Å². The van der Waals surface area contributed by atoms with Crippen LogP contribution in [0.2, 0.25) is 0 Å². The number of nitrogens with one attached hydrogen (secondary N) is 1. The van der Waals surface area contributed by atoms with Gasteiger partial charge in [-0.3, -0.25) is 0 Å². The molecule has 0 bridgehead atoms. The van der Waals surface area contributed by atoms with E-state index in [9.17, 15) is 4.39 Å². The maximum Gasteiger partial charge on any atom is 0.230 e. The standard InChI is InChI=1S/C20H22FN5O3/c1-12-10-26(11-13(2)28-12)20-22-7-6-18(24-20)23-19-9-17(25-29-19)15-5-4-14(27-3)8-16(15)21/h4-9,12-13H,10-11H2,1-3H3,(H,22,23,24)/t12-,13+. The van der Waals surface area contributed by atoms with Gasteiger partial charge in [0.25, 0.3) is 0 Å². The van der Waals surface area contributed by atoms with E-state index in [1.807, 2.05) is 13.8 Å². The second-order valence-corrected chi connectivity index (χ2v) is 6.95. The summed E-state index contributed by atoms with van der Waals surface area (Å²) in [6.45, 7) is 5.49. The molecule has 1 saturated heterocycles. The molecule has 3 heterocycles. The van der Waals surface area contributed by atoms with Gasteiger partial charge in [-0.25, -0.2) is 9.37 Å². The van der Waals surface area contributed by atoms with Gasteiger partial charge in [0.15, 0.2) is 0 Å². The fourth-order valence-electron chi connectivity index (χ4n) is 3.33. The molecule has 3 aromatic rings. The van der Waals surface area contributed by atoms with Crippen LogP contribution in [0.1, 0.15) is 13.8 Å². The second-order valence-electron chi connectivity index (χ2n) is 6.95. The highest BCUT2D eigenvalue weighted by Gasteiger charge is 2.24. The maximum atomic E-state index is 14.3. The minimum absolute atomic E-state index is 0.107. The summed E-state index contributed by atoms with van der Waals surface area (Å²) in [6.07, 6.45) is 1.89. The zero-order chi connectivity index (χ0) is 20.4. The number of morpholine rings is 1. The first-order valence-corrected chi connectivity index (χ1v) is 9.33. The van der Waals surface area contributed by atoms with Crippen molar-refractivity contribution in [3.8, 4) is 17.0 Å². The topological polar surface area (TPSA) is 85.5 Å². The molecule has 0 unspecified atom stereocenters. The molecule has 1 aliphatic heterocycles. The van der Waals surface area contributed by atoms with Crippen molar-refractivity contribution in [1.82, 2.24) is 15.1 Å². The Labute approximate surface area is 167 Å². The SMILES string of the molecule is COc1ccc(-c2cc(Nc3ccnc(N4C[C@@H](C)O[C@@H](C)C4)n3)on2)c(F)c1. The predicted octanol–water partition coefficient (Wildman–Crippen LogP) is 3.64. The molecule has 29 heavy (non-hydrogen) atoms. The summed E-state index contributed by atoms with van der Waals surface area (Å²) in [7, 11) is 1.49. The summed E-state index contributed by atoms with van der Waals surface area (Å²) in [5.41, 5.74) is 0.694. The number of halogens is 1. The first-order valence-electron chi connectivity index (χ1n) is 9.33. The normalized spacial score (nSPS) is 19.2. The summed E-state index contributed by atoms with van der Waals surface area (Å²) in [5, 5.41) is 7.00. The fourth-order valence-corrected chi connectivity index (χ4v) is 3.33. The van der Waals surface area contributed by atoms with Gasteiger partial charge in [0.2, 0.25) is 11.8 Å². The van der Waals surface area contributed by atoms with Crippen LogP contribution in [-0.4, -0.2) is 47.5 Å². The van der Waals surface area contributed by atoms with Crippen molar-refractivity contribution in [3.63, 3.8) is 0 Å². The predicted molar refractivity (Wildman–Crippen MR) is 106 cm³/mol. The lowest BCUT2D eigenvalue weighted by Gasteiger charge is -2.35. The molecule has 1 N–H and O–H groups in total. The number of aromatic nitrogens is 3. The number of hydrogen-bond acceptors (Lipinski definition) is 8. The molecule has 0 saturated carbocycles. The van der Waals surface area contributed by atoms with Crippen molar-refractivity contribution in [1.29, 1.82) is 0 Å². The monoisotopic (exact) mass is 399 g/mol. The van der Waals surface area contributed by atoms with Crippen LogP contribution in [0.4, 0.5) is 22.0 Å². The average Bonchev–Trinajstić information content (AvgIpc) is 3.15. The van der Waals surface area contributed by atoms with E-state index in [0.29, 0.717) is 34.7 Å². The number of hydrogen-bond donors (Lipinski definition) is 1. The van der Waals surface area contributed by atoms with Gasteiger partial charge in [-0.15, -0.1) is 0 Å². The second kappa shape index (κ2) is 8.04. The van der Waals surface area contributed by atoms with Gasteiger partial charge >= 0.3 is 0 Å². The summed E-state index contributed by atoms with van der Waals surface area (Å²) in [6, 6.07) is 7.91. The number of benzene rings is 1. The molecule has 1 fully saturated rings. The largest absolute Gasteiger partial charge is 0.497 e. The van der Waals surface area contributed by atoms with Crippen LogP contribution in [0.25, 0.3) is 11.3 Å². The molecule has 8 nitrogen and oxygen atoms in total. The molecule has 9 heteroatoms. The van der Waals surface area contributed by atoms with Crippen LogP contribution in [0, 0.1) is 5.82 Å². The molecule has 4 rings (SSSR count). The molecule has 1 aromatic carbocycles. The molecule has 2 aromatic heterocycles. The van der Waals surface area contributed by atoms with E-state index in [2.05, 4.69) is 25.3 Å². The van der Waals surface area contributed by atoms with Gasteiger partial charge in [-0.05, 0) is 32.0 Å². The van der Waals surface area contributed by atoms with E-state index in [4.69, 9.17) is 14.0 Å². The van der Waals surface area contributed by atoms with E-state index < -0.39 is 5.82 Å². The van der Waals surface area contributed by atoms with Crippen LogP contribution in [-0.2, 0) is 4.74 Å². The van der Waals surface area contributed by atoms with Gasteiger partial charge in [-0.1, -0.05) is 5.16 Å². The van der Waals surface area contributed by atoms with Crippen molar-refractivity contribution in [3.05, 3.63) is 42.3 Å². The van der Waals surface area contributed by atoms with Crippen LogP contribution < -0.4 is 15.0 Å². The van der Waals surface area contributed by atoms with Crippen LogP contribution in [0.5, 0.6) is 5.75 Å². The van der Waals surface area contributed by atoms with Crippen molar-refractivity contribution in [2.75, 3.05) is 30.4 Å². The Morgan fingerprint density at radius 2 is 1.97 bits per heavy atom. The Hall–Kier alpha value is -3.20. The Kier molecular flexibility index (Phi) is 5.30. The first-order chi connectivity index (χ1) is 14.0. The Morgan fingerprint density at radius 1 is 1.17 bits per heavy atom. The zero-order valence-electron chi connectivity index (χ0n) is 16.4. The van der Waals surface area contributed by atoms with E-state index in [-0.39, 0.29) is 12.2 Å². The molecule has 0 amide bonds. The third-order valence-corrected chi connectivity index (χ3v) is 4.56. The van der Waals surface area contributed by atoms with Gasteiger partial charge in [0.1, 0.15) is 23.1 Å². The fraction of sp³-hybridized carbons (Fsp3) is 0.350. The number of nitrogens with zero attached hydrogens (tertiary/aromatic N) is 4. The van der Waals surface area contributed by atoms with Crippen LogP contribution in [0.15, 0.2) is 41.1 Å². The van der Waals surface area contributed by atoms with E-state index >= 15 is 0 Å². The third kappa shape index (κ3) is 4.29. The number of rotatable bonds is 5. The summed E-state index contributed by atoms with van der Waals surface area (Å²) < 4.78 is 30.3. The average molecular weight is 399 g/mol. The Bertz CT molecular complexity index is 986. The Balaban J connectivity index is 1.51. The smallest absolute Gasteiger partial charge is 0.230 e. The molecular formula is C20H22FN5O3. The lowest BCUT2D eigenvalue weighted by Crippen LogP contribution is -2.46. The summed E-state index contributed by atoms with van der Waals surface area (Å²) in [5.74, 6) is 1.51. The molecule has 0 aliphatic carbocycles. The Morgan fingerprint density at radius 3 is 2.69 bits per heavy atom. The molecule has 0 spiro atoms. The quantitative estimate of drug-likeness (QED) is 0.696. The lowest BCUT2D eigenvalue weighted by atomic mass is 10.1. The minimum Gasteiger partial charge on any atom is -0.497 e. The highest BCUT2D eigenvalue weighted by Crippen LogP contribution is 2.28. The number of ether oxygens (including phenoxy) is 2. The van der Waals surface area contributed by atoms with Gasteiger partial charge in [0, 0.05) is 37.0 Å². The summed E-state index contributed by atoms with van der Waals surface area (Å²) >= 11 is 0. The van der Waals surface area contributed by atoms with E-state index in [1.165, 1.54) is 13.2 Å². The van der Waals surface area contributed by atoms with Crippen molar-refractivity contribution < 1.29 is 18.4 Å². The van der Waals surface area contributed by atoms with Crippen molar-refractivity contribution in [2.24, 2.45) is 0 Å². The molecule has 152 valence electrons. The van der Waals surface area contributed by atoms with Crippen molar-refractivity contribution >= 4 is 17.7 Å². The highest BCUT2D eigenvalue weighted by molar-refractivity contribution is 5.65. The number of anilines is 3. The van der Waals surface area contributed by atoms with E-state index in [0.717, 1.165) is 13.1 Å². The third-order valence-electron chi connectivity index (χ3n) is 4.56. The van der Waals surface area contributed by atoms with Gasteiger partial charge in [0.05, 0.1) is 19.3 Å².